The maximum absolute atomic E-state index is 13.6. The van der Waals surface area contributed by atoms with Gasteiger partial charge in [-0.3, -0.25) is 4.79 Å². The van der Waals surface area contributed by atoms with Gasteiger partial charge in [0.1, 0.15) is 0 Å². The van der Waals surface area contributed by atoms with Gasteiger partial charge in [-0.1, -0.05) is 46.3 Å². The van der Waals surface area contributed by atoms with E-state index in [0.717, 1.165) is 47.2 Å². The Kier molecular flexibility index (Phi) is 5.75. The minimum Gasteiger partial charge on any atom is -0.326 e. The minimum absolute atomic E-state index is 0.137. The second-order valence-corrected chi connectivity index (χ2v) is 11.1. The molecule has 1 atom stereocenters. The molecule has 4 aliphatic rings. The molecule has 1 amide bonds. The molecule has 2 aromatic carbocycles. The quantitative estimate of drug-likeness (QED) is 0.458. The number of aryl methyl sites for hydroxylation is 1. The van der Waals surface area contributed by atoms with E-state index in [0.29, 0.717) is 0 Å². The van der Waals surface area contributed by atoms with Gasteiger partial charge in [0.05, 0.1) is 0 Å². The van der Waals surface area contributed by atoms with Gasteiger partial charge >= 0.3 is 0 Å². The summed E-state index contributed by atoms with van der Waals surface area (Å²) in [5.74, 6) is 3.01. The molecule has 6 rings (SSSR count). The van der Waals surface area contributed by atoms with Crippen molar-refractivity contribution in [1.29, 1.82) is 0 Å². The Labute approximate surface area is 189 Å². The summed E-state index contributed by atoms with van der Waals surface area (Å²) in [6.45, 7) is 0. The Balaban J connectivity index is 1.34. The second-order valence-electron chi connectivity index (χ2n) is 10.2. The van der Waals surface area contributed by atoms with Crippen molar-refractivity contribution in [2.45, 2.75) is 57.8 Å². The number of amides is 1. The Morgan fingerprint density at radius 2 is 1.63 bits per heavy atom. The summed E-state index contributed by atoms with van der Waals surface area (Å²) < 4.78 is 1.14. The maximum Gasteiger partial charge on any atom is 0.228 e. The van der Waals surface area contributed by atoms with Crippen LogP contribution < -0.4 is 5.32 Å². The van der Waals surface area contributed by atoms with Crippen molar-refractivity contribution in [3.63, 3.8) is 0 Å². The second kappa shape index (κ2) is 8.49. The van der Waals surface area contributed by atoms with Crippen LogP contribution in [-0.4, -0.2) is 5.91 Å². The molecule has 4 aliphatic carbocycles. The summed E-state index contributed by atoms with van der Waals surface area (Å²) in [4.78, 5) is 13.6. The van der Waals surface area contributed by atoms with Gasteiger partial charge in [0.2, 0.25) is 5.91 Å². The lowest BCUT2D eigenvalue weighted by Gasteiger charge is -2.59. The van der Waals surface area contributed by atoms with Gasteiger partial charge in [0.15, 0.2) is 0 Å². The number of anilines is 1. The fourth-order valence-electron chi connectivity index (χ4n) is 7.27. The molecule has 0 saturated heterocycles. The Morgan fingerprint density at radius 1 is 0.967 bits per heavy atom. The number of rotatable bonds is 7. The predicted molar refractivity (Wildman–Crippen MR) is 126 cm³/mol. The minimum atomic E-state index is 0.137. The monoisotopic (exact) mass is 465 g/mol. The number of para-hydroxylation sites is 1. The molecular formula is C27H32BrNO. The Hall–Kier alpha value is -1.61. The molecule has 0 aliphatic heterocycles. The number of nitrogens with one attached hydrogen (secondary N) is 1. The van der Waals surface area contributed by atoms with Crippen molar-refractivity contribution < 1.29 is 4.79 Å². The third-order valence-electron chi connectivity index (χ3n) is 8.03. The zero-order valence-corrected chi connectivity index (χ0v) is 19.2. The van der Waals surface area contributed by atoms with Crippen molar-refractivity contribution >= 4 is 27.5 Å². The van der Waals surface area contributed by atoms with E-state index in [4.69, 9.17) is 0 Å². The van der Waals surface area contributed by atoms with E-state index < -0.39 is 0 Å². The molecule has 4 bridgehead atoms. The standard InChI is InChI=1S/C27H32BrNO/c28-23-8-4-6-19(15-23)7-5-11-25(26(30)29-24-9-2-1-3-10-24)27-16-20-12-21(17-27)14-22(13-20)18-27/h1-4,6,8-10,15,20-22,25H,5,7,11-14,16-18H2,(H,29,30). The largest absolute Gasteiger partial charge is 0.326 e. The lowest BCUT2D eigenvalue weighted by molar-refractivity contribution is -0.137. The number of hydrogen-bond acceptors (Lipinski definition) is 1. The third kappa shape index (κ3) is 4.23. The fraction of sp³-hybridized carbons (Fsp3) is 0.519. The van der Waals surface area contributed by atoms with Crippen LogP contribution in [0.4, 0.5) is 5.69 Å². The fourth-order valence-corrected chi connectivity index (χ4v) is 7.72. The summed E-state index contributed by atoms with van der Waals surface area (Å²) >= 11 is 3.59. The molecule has 0 radical (unpaired) electrons. The van der Waals surface area contributed by atoms with E-state index in [1.807, 2.05) is 30.3 Å². The van der Waals surface area contributed by atoms with Crippen LogP contribution in [0.1, 0.15) is 56.9 Å². The summed E-state index contributed by atoms with van der Waals surface area (Å²) in [6.07, 6.45) is 11.2. The van der Waals surface area contributed by atoms with Crippen molar-refractivity contribution in [2.24, 2.45) is 29.1 Å². The number of carbonyl (C=O) groups is 1. The van der Waals surface area contributed by atoms with Crippen LogP contribution in [0.2, 0.25) is 0 Å². The number of carbonyl (C=O) groups excluding carboxylic acids is 1. The molecule has 0 aromatic heterocycles. The molecule has 4 fully saturated rings. The molecule has 2 aromatic rings. The Bertz CT molecular complexity index is 857. The summed E-state index contributed by atoms with van der Waals surface area (Å²) in [7, 11) is 0. The molecule has 1 N–H and O–H groups in total. The SMILES string of the molecule is O=C(Nc1ccccc1)C(CCCc1cccc(Br)c1)C12CC3CC(CC(C3)C1)C2. The highest BCUT2D eigenvalue weighted by Gasteiger charge is 2.55. The first-order chi connectivity index (χ1) is 14.6. The van der Waals surface area contributed by atoms with Gasteiger partial charge in [-0.2, -0.15) is 0 Å². The molecule has 30 heavy (non-hydrogen) atoms. The smallest absolute Gasteiger partial charge is 0.228 e. The molecule has 1 unspecified atom stereocenters. The summed E-state index contributed by atoms with van der Waals surface area (Å²) in [5.41, 5.74) is 2.53. The van der Waals surface area contributed by atoms with Crippen molar-refractivity contribution in [2.75, 3.05) is 5.32 Å². The molecular weight excluding hydrogens is 434 g/mol. The first kappa shape index (κ1) is 20.3. The molecule has 2 nitrogen and oxygen atoms in total. The highest BCUT2D eigenvalue weighted by molar-refractivity contribution is 9.10. The predicted octanol–water partition coefficient (Wildman–Crippen LogP) is 7.24. The van der Waals surface area contributed by atoms with Gasteiger partial charge < -0.3 is 5.32 Å². The number of halogens is 1. The first-order valence-electron chi connectivity index (χ1n) is 11.7. The maximum atomic E-state index is 13.6. The average molecular weight is 466 g/mol. The van der Waals surface area contributed by atoms with Crippen LogP contribution in [0.3, 0.4) is 0 Å². The molecule has 0 heterocycles. The van der Waals surface area contributed by atoms with Gasteiger partial charge in [-0.05, 0) is 111 Å². The van der Waals surface area contributed by atoms with Crippen LogP contribution in [0.5, 0.6) is 0 Å². The van der Waals surface area contributed by atoms with Crippen LogP contribution >= 0.6 is 15.9 Å². The summed E-state index contributed by atoms with van der Waals surface area (Å²) in [5, 5.41) is 3.28. The van der Waals surface area contributed by atoms with Gasteiger partial charge in [0.25, 0.3) is 0 Å². The zero-order valence-electron chi connectivity index (χ0n) is 17.7. The lowest BCUT2D eigenvalue weighted by Crippen LogP contribution is -2.52. The van der Waals surface area contributed by atoms with Gasteiger partial charge in [0, 0.05) is 16.1 Å². The van der Waals surface area contributed by atoms with Crippen molar-refractivity contribution in [3.05, 3.63) is 64.6 Å². The topological polar surface area (TPSA) is 29.1 Å². The van der Waals surface area contributed by atoms with Gasteiger partial charge in [-0.25, -0.2) is 0 Å². The molecule has 0 spiro atoms. The van der Waals surface area contributed by atoms with Crippen LogP contribution in [0, 0.1) is 29.1 Å². The van der Waals surface area contributed by atoms with Crippen LogP contribution in [-0.2, 0) is 11.2 Å². The molecule has 158 valence electrons. The van der Waals surface area contributed by atoms with E-state index in [1.54, 1.807) is 0 Å². The normalized spacial score (nSPS) is 30.2. The van der Waals surface area contributed by atoms with Crippen molar-refractivity contribution in [3.8, 4) is 0 Å². The highest BCUT2D eigenvalue weighted by atomic mass is 79.9. The molecule has 4 saturated carbocycles. The summed E-state index contributed by atoms with van der Waals surface area (Å²) in [6, 6.07) is 18.6. The van der Waals surface area contributed by atoms with Crippen LogP contribution in [0.25, 0.3) is 0 Å². The number of benzene rings is 2. The van der Waals surface area contributed by atoms with E-state index in [9.17, 15) is 4.79 Å². The van der Waals surface area contributed by atoms with E-state index in [-0.39, 0.29) is 17.2 Å². The molecule has 3 heteroatoms. The number of hydrogen-bond donors (Lipinski definition) is 1. The first-order valence-corrected chi connectivity index (χ1v) is 12.5. The highest BCUT2D eigenvalue weighted by Crippen LogP contribution is 2.63. The van der Waals surface area contributed by atoms with E-state index in [1.165, 1.54) is 44.1 Å². The van der Waals surface area contributed by atoms with E-state index >= 15 is 0 Å². The van der Waals surface area contributed by atoms with Crippen LogP contribution in [0.15, 0.2) is 59.1 Å². The lowest BCUT2D eigenvalue weighted by atomic mass is 9.46. The Morgan fingerprint density at radius 3 is 2.27 bits per heavy atom. The van der Waals surface area contributed by atoms with E-state index in [2.05, 4.69) is 45.5 Å². The third-order valence-corrected chi connectivity index (χ3v) is 8.52. The zero-order chi connectivity index (χ0) is 20.6. The van der Waals surface area contributed by atoms with Gasteiger partial charge in [-0.15, -0.1) is 0 Å². The average Bonchev–Trinajstić information content (AvgIpc) is 2.71. The van der Waals surface area contributed by atoms with Crippen molar-refractivity contribution in [1.82, 2.24) is 0 Å².